The van der Waals surface area contributed by atoms with Crippen LogP contribution in [-0.2, 0) is 13.0 Å². The SMILES string of the molecule is O=C(Nc1cc(-c2nnc3n2CCCCC3)ccc1F)c1cnn(-c2ccc(Cl)cc2)c1. The molecule has 1 aliphatic heterocycles. The van der Waals surface area contributed by atoms with Gasteiger partial charge in [0.25, 0.3) is 5.91 Å². The van der Waals surface area contributed by atoms with Crippen molar-refractivity contribution >= 4 is 23.2 Å². The summed E-state index contributed by atoms with van der Waals surface area (Å²) < 4.78 is 18.2. The fraction of sp³-hybridized carbons (Fsp3) is 0.217. The summed E-state index contributed by atoms with van der Waals surface area (Å²) in [5.41, 5.74) is 1.85. The number of carbonyl (C=O) groups is 1. The van der Waals surface area contributed by atoms with Gasteiger partial charge in [-0.2, -0.15) is 5.10 Å². The van der Waals surface area contributed by atoms with Crippen molar-refractivity contribution in [3.8, 4) is 17.1 Å². The van der Waals surface area contributed by atoms with E-state index in [1.165, 1.54) is 12.3 Å². The minimum Gasteiger partial charge on any atom is -0.319 e. The average Bonchev–Trinajstić information content (AvgIpc) is 3.38. The minimum atomic E-state index is -0.525. The Hall–Kier alpha value is -3.52. The van der Waals surface area contributed by atoms with Crippen LogP contribution in [0.4, 0.5) is 10.1 Å². The molecule has 9 heteroatoms. The largest absolute Gasteiger partial charge is 0.319 e. The number of fused-ring (bicyclic) bond motifs is 1. The first kappa shape index (κ1) is 20.4. The fourth-order valence-corrected chi connectivity index (χ4v) is 3.95. The molecule has 0 spiro atoms. The van der Waals surface area contributed by atoms with Crippen LogP contribution in [-0.4, -0.2) is 30.5 Å². The Morgan fingerprint density at radius 2 is 1.91 bits per heavy atom. The van der Waals surface area contributed by atoms with E-state index in [0.717, 1.165) is 43.7 Å². The summed E-state index contributed by atoms with van der Waals surface area (Å²) in [7, 11) is 0. The molecule has 0 bridgehead atoms. The zero-order valence-corrected chi connectivity index (χ0v) is 17.9. The lowest BCUT2D eigenvalue weighted by Crippen LogP contribution is -2.12. The lowest BCUT2D eigenvalue weighted by molar-refractivity contribution is 0.102. The van der Waals surface area contributed by atoms with Gasteiger partial charge in [-0.25, -0.2) is 9.07 Å². The number of aromatic nitrogens is 5. The maximum absolute atomic E-state index is 14.5. The first-order valence-corrected chi connectivity index (χ1v) is 10.8. The number of hydrogen-bond donors (Lipinski definition) is 1. The molecule has 0 fully saturated rings. The Morgan fingerprint density at radius 1 is 1.06 bits per heavy atom. The summed E-state index contributed by atoms with van der Waals surface area (Å²) in [4.78, 5) is 12.8. The van der Waals surface area contributed by atoms with E-state index in [9.17, 15) is 9.18 Å². The fourth-order valence-electron chi connectivity index (χ4n) is 3.83. The molecule has 0 saturated heterocycles. The number of aryl methyl sites for hydroxylation is 1. The molecule has 4 aromatic rings. The number of rotatable bonds is 4. The third-order valence-electron chi connectivity index (χ3n) is 5.52. The Labute approximate surface area is 188 Å². The number of hydrogen-bond acceptors (Lipinski definition) is 4. The maximum atomic E-state index is 14.5. The predicted octanol–water partition coefficient (Wildman–Crippen LogP) is 4.90. The molecule has 7 nitrogen and oxygen atoms in total. The summed E-state index contributed by atoms with van der Waals surface area (Å²) in [5.74, 6) is 0.652. The zero-order valence-electron chi connectivity index (χ0n) is 17.1. The highest BCUT2D eigenvalue weighted by Crippen LogP contribution is 2.27. The Kier molecular flexibility index (Phi) is 5.45. The first-order chi connectivity index (χ1) is 15.6. The third-order valence-corrected chi connectivity index (χ3v) is 5.77. The molecular formula is C23H20ClFN6O. The van der Waals surface area contributed by atoms with Crippen LogP contribution in [0.25, 0.3) is 17.1 Å². The number of amides is 1. The van der Waals surface area contributed by atoms with Crippen molar-refractivity contribution in [1.29, 1.82) is 0 Å². The second kappa shape index (κ2) is 8.55. The molecule has 162 valence electrons. The van der Waals surface area contributed by atoms with Gasteiger partial charge in [0.1, 0.15) is 11.6 Å². The van der Waals surface area contributed by atoms with Crippen molar-refractivity contribution in [2.75, 3.05) is 5.32 Å². The molecule has 0 unspecified atom stereocenters. The van der Waals surface area contributed by atoms with Crippen LogP contribution in [0.5, 0.6) is 0 Å². The number of anilines is 1. The predicted molar refractivity (Wildman–Crippen MR) is 119 cm³/mol. The lowest BCUT2D eigenvalue weighted by Gasteiger charge is -2.10. The average molecular weight is 451 g/mol. The highest BCUT2D eigenvalue weighted by atomic mass is 35.5. The van der Waals surface area contributed by atoms with Crippen molar-refractivity contribution in [2.24, 2.45) is 0 Å². The lowest BCUT2D eigenvalue weighted by atomic mass is 10.1. The van der Waals surface area contributed by atoms with Crippen molar-refractivity contribution in [2.45, 2.75) is 32.2 Å². The summed E-state index contributed by atoms with van der Waals surface area (Å²) in [6.07, 6.45) is 7.20. The van der Waals surface area contributed by atoms with Gasteiger partial charge in [0, 0.05) is 29.7 Å². The quantitative estimate of drug-likeness (QED) is 0.479. The topological polar surface area (TPSA) is 77.6 Å². The van der Waals surface area contributed by atoms with Crippen LogP contribution in [0.2, 0.25) is 5.02 Å². The second-order valence-corrected chi connectivity index (χ2v) is 8.14. The highest BCUT2D eigenvalue weighted by molar-refractivity contribution is 6.30. The summed E-state index contributed by atoms with van der Waals surface area (Å²) in [6, 6.07) is 11.7. The van der Waals surface area contributed by atoms with E-state index in [4.69, 9.17) is 11.6 Å². The normalized spacial score (nSPS) is 13.4. The number of carbonyl (C=O) groups excluding carboxylic acids is 1. The van der Waals surface area contributed by atoms with Gasteiger partial charge < -0.3 is 9.88 Å². The van der Waals surface area contributed by atoms with Crippen LogP contribution in [0.1, 0.15) is 35.4 Å². The molecule has 0 saturated carbocycles. The van der Waals surface area contributed by atoms with Gasteiger partial charge in [0.05, 0.1) is 23.1 Å². The van der Waals surface area contributed by atoms with Crippen LogP contribution < -0.4 is 5.32 Å². The first-order valence-electron chi connectivity index (χ1n) is 10.4. The van der Waals surface area contributed by atoms with Crippen LogP contribution in [0.3, 0.4) is 0 Å². The van der Waals surface area contributed by atoms with Gasteiger partial charge in [-0.3, -0.25) is 4.79 Å². The molecule has 1 amide bonds. The van der Waals surface area contributed by atoms with Gasteiger partial charge in [-0.1, -0.05) is 18.0 Å². The highest BCUT2D eigenvalue weighted by Gasteiger charge is 2.18. The number of nitrogens with one attached hydrogen (secondary N) is 1. The van der Waals surface area contributed by atoms with Crippen LogP contribution >= 0.6 is 11.6 Å². The molecule has 0 radical (unpaired) electrons. The number of benzene rings is 2. The van der Waals surface area contributed by atoms with Crippen LogP contribution in [0, 0.1) is 5.82 Å². The van der Waals surface area contributed by atoms with Crippen molar-refractivity contribution < 1.29 is 9.18 Å². The molecule has 1 N–H and O–H groups in total. The number of halogens is 2. The molecule has 5 rings (SSSR count). The van der Waals surface area contributed by atoms with E-state index in [0.29, 0.717) is 22.0 Å². The van der Waals surface area contributed by atoms with Gasteiger partial charge >= 0.3 is 0 Å². The van der Waals surface area contributed by atoms with E-state index < -0.39 is 11.7 Å². The van der Waals surface area contributed by atoms with Gasteiger partial charge in [-0.15, -0.1) is 10.2 Å². The Bertz CT molecular complexity index is 1280. The smallest absolute Gasteiger partial charge is 0.258 e. The maximum Gasteiger partial charge on any atom is 0.258 e. The van der Waals surface area contributed by atoms with Crippen LogP contribution in [0.15, 0.2) is 54.9 Å². The minimum absolute atomic E-state index is 0.0812. The number of nitrogens with zero attached hydrogens (tertiary/aromatic N) is 5. The van der Waals surface area contributed by atoms with Crippen molar-refractivity contribution in [1.82, 2.24) is 24.5 Å². The monoisotopic (exact) mass is 450 g/mol. The van der Waals surface area contributed by atoms with Gasteiger partial charge in [-0.05, 0) is 55.3 Å². The molecule has 2 aromatic carbocycles. The third kappa shape index (κ3) is 4.01. The van der Waals surface area contributed by atoms with E-state index >= 15 is 0 Å². The second-order valence-electron chi connectivity index (χ2n) is 7.70. The Morgan fingerprint density at radius 3 is 2.75 bits per heavy atom. The molecular weight excluding hydrogens is 431 g/mol. The molecule has 32 heavy (non-hydrogen) atoms. The van der Waals surface area contributed by atoms with Gasteiger partial charge in [0.2, 0.25) is 0 Å². The summed E-state index contributed by atoms with van der Waals surface area (Å²) in [6.45, 7) is 0.834. The molecule has 0 aliphatic carbocycles. The molecule has 3 heterocycles. The zero-order chi connectivity index (χ0) is 22.1. The van der Waals surface area contributed by atoms with E-state index in [2.05, 4.69) is 25.2 Å². The molecule has 1 aliphatic rings. The van der Waals surface area contributed by atoms with E-state index in [-0.39, 0.29) is 5.69 Å². The van der Waals surface area contributed by atoms with Crippen molar-refractivity contribution in [3.63, 3.8) is 0 Å². The molecule has 0 atom stereocenters. The summed E-state index contributed by atoms with van der Waals surface area (Å²) >= 11 is 5.92. The van der Waals surface area contributed by atoms with E-state index in [1.54, 1.807) is 47.3 Å². The molecule has 2 aromatic heterocycles. The van der Waals surface area contributed by atoms with Gasteiger partial charge in [0.15, 0.2) is 5.82 Å². The van der Waals surface area contributed by atoms with E-state index in [1.807, 2.05) is 0 Å². The van der Waals surface area contributed by atoms with Crippen molar-refractivity contribution in [3.05, 3.63) is 77.1 Å². The standard InChI is InChI=1S/C23H20ClFN6O/c24-17-6-8-18(9-7-17)31-14-16(13-26-31)23(32)27-20-12-15(5-10-19(20)25)22-29-28-21-4-2-1-3-11-30(21)22/h5-10,12-14H,1-4,11H2,(H,27,32). The summed E-state index contributed by atoms with van der Waals surface area (Å²) in [5, 5.41) is 16.1. The Balaban J connectivity index is 1.39.